The number of H-pyrrole nitrogens is 1. The summed E-state index contributed by atoms with van der Waals surface area (Å²) < 4.78 is 1.34. The lowest BCUT2D eigenvalue weighted by Gasteiger charge is -2.20. The van der Waals surface area contributed by atoms with Gasteiger partial charge in [0.15, 0.2) is 5.16 Å². The number of hydrogen-bond donors (Lipinski definition) is 2. The maximum atomic E-state index is 12.8. The van der Waals surface area contributed by atoms with Crippen LogP contribution in [0.15, 0.2) is 40.5 Å². The smallest absolute Gasteiger partial charge is 0.269 e. The maximum absolute atomic E-state index is 12.8. The van der Waals surface area contributed by atoms with E-state index in [1.807, 2.05) is 26.8 Å². The number of aromatic nitrogens is 5. The Kier molecular flexibility index (Phi) is 4.58. The molecule has 0 spiro atoms. The van der Waals surface area contributed by atoms with Crippen LogP contribution in [0.3, 0.4) is 0 Å². The third kappa shape index (κ3) is 3.87. The van der Waals surface area contributed by atoms with Crippen molar-refractivity contribution in [2.75, 3.05) is 5.75 Å². The van der Waals surface area contributed by atoms with Gasteiger partial charge in [-0.05, 0) is 32.9 Å². The van der Waals surface area contributed by atoms with Gasteiger partial charge in [-0.2, -0.15) is 10.1 Å². The summed E-state index contributed by atoms with van der Waals surface area (Å²) in [5.41, 5.74) is -0.0120. The van der Waals surface area contributed by atoms with Gasteiger partial charge < -0.3 is 5.32 Å². The van der Waals surface area contributed by atoms with Crippen LogP contribution in [-0.4, -0.2) is 41.9 Å². The number of amides is 1. The fraction of sp³-hybridized carbons (Fsp3) is 0.312. The molecular formula is C16H18N6O2S. The molecule has 0 aliphatic carbocycles. The van der Waals surface area contributed by atoms with Gasteiger partial charge in [-0.25, -0.2) is 14.6 Å². The van der Waals surface area contributed by atoms with E-state index in [1.165, 1.54) is 22.7 Å². The predicted molar refractivity (Wildman–Crippen MR) is 95.9 cm³/mol. The van der Waals surface area contributed by atoms with Crippen molar-refractivity contribution < 1.29 is 4.79 Å². The molecule has 3 rings (SSSR count). The van der Waals surface area contributed by atoms with Crippen LogP contribution in [0.4, 0.5) is 0 Å². The largest absolute Gasteiger partial charge is 0.351 e. The predicted octanol–water partition coefficient (Wildman–Crippen LogP) is 1.51. The molecule has 0 radical (unpaired) electrons. The van der Waals surface area contributed by atoms with Crippen LogP contribution in [0.25, 0.3) is 16.9 Å². The average Bonchev–Trinajstić information content (AvgIpc) is 3.05. The molecule has 2 heterocycles. The molecule has 0 atom stereocenters. The lowest BCUT2D eigenvalue weighted by molar-refractivity contribution is -0.119. The number of rotatable bonds is 4. The topological polar surface area (TPSA) is 106 Å². The highest BCUT2D eigenvalue weighted by Gasteiger charge is 2.18. The van der Waals surface area contributed by atoms with E-state index in [9.17, 15) is 9.59 Å². The molecule has 0 aliphatic heterocycles. The molecule has 0 unspecified atom stereocenters. The van der Waals surface area contributed by atoms with Crippen LogP contribution < -0.4 is 10.9 Å². The second-order valence-electron chi connectivity index (χ2n) is 6.45. The van der Waals surface area contributed by atoms with Crippen molar-refractivity contribution >= 4 is 28.6 Å². The first-order valence-electron chi connectivity index (χ1n) is 7.66. The van der Waals surface area contributed by atoms with Crippen molar-refractivity contribution in [3.63, 3.8) is 0 Å². The highest BCUT2D eigenvalue weighted by molar-refractivity contribution is 7.99. The summed E-state index contributed by atoms with van der Waals surface area (Å²) in [6, 6.07) is 7.06. The van der Waals surface area contributed by atoms with Crippen LogP contribution in [0.5, 0.6) is 0 Å². The molecular weight excluding hydrogens is 340 g/mol. The summed E-state index contributed by atoms with van der Waals surface area (Å²) in [6.45, 7) is 5.73. The molecule has 8 nitrogen and oxygen atoms in total. The number of carbonyl (C=O) groups excluding carboxylic acids is 1. The molecule has 0 fully saturated rings. The van der Waals surface area contributed by atoms with Crippen LogP contribution in [0.2, 0.25) is 0 Å². The van der Waals surface area contributed by atoms with E-state index in [4.69, 9.17) is 0 Å². The minimum Gasteiger partial charge on any atom is -0.351 e. The summed E-state index contributed by atoms with van der Waals surface area (Å²) in [4.78, 5) is 33.5. The van der Waals surface area contributed by atoms with Gasteiger partial charge in [0, 0.05) is 5.54 Å². The lowest BCUT2D eigenvalue weighted by atomic mass is 10.1. The highest BCUT2D eigenvalue weighted by atomic mass is 32.2. The van der Waals surface area contributed by atoms with E-state index in [-0.39, 0.29) is 28.7 Å². The lowest BCUT2D eigenvalue weighted by Crippen LogP contribution is -2.41. The monoisotopic (exact) mass is 358 g/mol. The Morgan fingerprint density at radius 2 is 2.08 bits per heavy atom. The Morgan fingerprint density at radius 3 is 2.76 bits per heavy atom. The van der Waals surface area contributed by atoms with E-state index in [2.05, 4.69) is 25.5 Å². The van der Waals surface area contributed by atoms with Crippen molar-refractivity contribution in [1.29, 1.82) is 0 Å². The number of aromatic amines is 1. The van der Waals surface area contributed by atoms with Crippen molar-refractivity contribution in [2.45, 2.75) is 31.5 Å². The zero-order chi connectivity index (χ0) is 18.0. The summed E-state index contributed by atoms with van der Waals surface area (Å²) >= 11 is 1.18. The van der Waals surface area contributed by atoms with Gasteiger partial charge in [0.1, 0.15) is 6.33 Å². The summed E-state index contributed by atoms with van der Waals surface area (Å²) in [7, 11) is 0. The third-order valence-electron chi connectivity index (χ3n) is 3.21. The molecule has 3 aromatic rings. The number of carbonyl (C=O) groups is 1. The number of para-hydroxylation sites is 1. The van der Waals surface area contributed by atoms with Crippen LogP contribution >= 0.6 is 11.8 Å². The number of nitrogens with one attached hydrogen (secondary N) is 2. The van der Waals surface area contributed by atoms with Gasteiger partial charge in [-0.3, -0.25) is 9.59 Å². The Hall–Kier alpha value is -2.68. The van der Waals surface area contributed by atoms with Gasteiger partial charge in [-0.1, -0.05) is 23.9 Å². The van der Waals surface area contributed by atoms with E-state index in [0.29, 0.717) is 16.1 Å². The number of nitrogens with zero attached hydrogens (tertiary/aromatic N) is 4. The molecule has 2 aromatic heterocycles. The van der Waals surface area contributed by atoms with Crippen molar-refractivity contribution in [1.82, 2.24) is 30.0 Å². The molecule has 130 valence electrons. The number of fused-ring (bicyclic) bond motifs is 1. The molecule has 1 amide bonds. The van der Waals surface area contributed by atoms with Crippen LogP contribution in [0, 0.1) is 0 Å². The second-order valence-corrected chi connectivity index (χ2v) is 7.39. The zero-order valence-electron chi connectivity index (χ0n) is 14.1. The van der Waals surface area contributed by atoms with Crippen molar-refractivity contribution in [2.24, 2.45) is 0 Å². The standard InChI is InChI=1S/C16H18N6O2S/c1-16(2,3)20-12(23)8-25-15-19-11-7-5-4-6-10(11)13(24)22(15)14-17-9-18-21-14/h4-7,9H,8H2,1-3H3,(H,20,23)(H,17,18,21). The van der Waals surface area contributed by atoms with Crippen LogP contribution in [0.1, 0.15) is 20.8 Å². The van der Waals surface area contributed by atoms with Crippen molar-refractivity contribution in [3.05, 3.63) is 40.9 Å². The summed E-state index contributed by atoms with van der Waals surface area (Å²) in [6.07, 6.45) is 1.32. The summed E-state index contributed by atoms with van der Waals surface area (Å²) in [5.74, 6) is 0.266. The first-order valence-corrected chi connectivity index (χ1v) is 8.65. The van der Waals surface area contributed by atoms with Crippen molar-refractivity contribution in [3.8, 4) is 5.95 Å². The molecule has 0 saturated carbocycles. The fourth-order valence-corrected chi connectivity index (χ4v) is 3.08. The Labute approximate surface area is 148 Å². The highest BCUT2D eigenvalue weighted by Crippen LogP contribution is 2.19. The Morgan fingerprint density at radius 1 is 1.32 bits per heavy atom. The number of benzene rings is 1. The molecule has 0 aliphatic rings. The number of thioether (sulfide) groups is 1. The van der Waals surface area contributed by atoms with Gasteiger partial charge in [0.25, 0.3) is 5.56 Å². The molecule has 9 heteroatoms. The Bertz CT molecular complexity index is 959. The summed E-state index contributed by atoms with van der Waals surface area (Å²) in [5, 5.41) is 10.2. The van der Waals surface area contributed by atoms with E-state index in [0.717, 1.165) is 0 Å². The Balaban J connectivity index is 2.00. The maximum Gasteiger partial charge on any atom is 0.269 e. The normalized spacial score (nSPS) is 11.6. The van der Waals surface area contributed by atoms with Gasteiger partial charge >= 0.3 is 0 Å². The average molecular weight is 358 g/mol. The molecule has 2 N–H and O–H groups in total. The molecule has 25 heavy (non-hydrogen) atoms. The first kappa shape index (κ1) is 17.2. The van der Waals surface area contributed by atoms with Gasteiger partial charge in [-0.15, -0.1) is 0 Å². The van der Waals surface area contributed by atoms with Crippen LogP contribution in [-0.2, 0) is 4.79 Å². The fourth-order valence-electron chi connectivity index (χ4n) is 2.29. The van der Waals surface area contributed by atoms with Gasteiger partial charge in [0.05, 0.1) is 16.7 Å². The molecule has 0 saturated heterocycles. The SMILES string of the molecule is CC(C)(C)NC(=O)CSc1nc2ccccc2c(=O)n1-c1ncn[nH]1. The minimum absolute atomic E-state index is 0.135. The quantitative estimate of drug-likeness (QED) is 0.541. The van der Waals surface area contributed by atoms with E-state index in [1.54, 1.807) is 18.2 Å². The number of hydrogen-bond acceptors (Lipinski definition) is 6. The van der Waals surface area contributed by atoms with E-state index >= 15 is 0 Å². The first-order chi connectivity index (χ1) is 11.8. The van der Waals surface area contributed by atoms with E-state index < -0.39 is 0 Å². The second kappa shape index (κ2) is 6.67. The zero-order valence-corrected chi connectivity index (χ0v) is 14.9. The molecule has 0 bridgehead atoms. The minimum atomic E-state index is -0.320. The third-order valence-corrected chi connectivity index (χ3v) is 4.14. The molecule has 1 aromatic carbocycles. The van der Waals surface area contributed by atoms with Gasteiger partial charge in [0.2, 0.25) is 11.9 Å².